The number of hydrogen-bond acceptors (Lipinski definition) is 5. The van der Waals surface area contributed by atoms with Crippen molar-refractivity contribution in [1.82, 2.24) is 15.6 Å². The van der Waals surface area contributed by atoms with Gasteiger partial charge in [0.25, 0.3) is 11.8 Å². The predicted octanol–water partition coefficient (Wildman–Crippen LogP) is 2.51. The molecular formula is C21H18FN3O3S. The van der Waals surface area contributed by atoms with E-state index in [2.05, 4.69) is 15.6 Å². The van der Waals surface area contributed by atoms with Gasteiger partial charge in [-0.15, -0.1) is 11.3 Å². The zero-order valence-corrected chi connectivity index (χ0v) is 16.1. The summed E-state index contributed by atoms with van der Waals surface area (Å²) in [6, 6.07) is 13.0. The minimum absolute atomic E-state index is 0.0686. The molecule has 29 heavy (non-hydrogen) atoms. The summed E-state index contributed by atoms with van der Waals surface area (Å²) in [5.41, 5.74) is 0.845. The Kier molecular flexibility index (Phi) is 6.80. The Balaban J connectivity index is 1.73. The van der Waals surface area contributed by atoms with Crippen LogP contribution in [0.5, 0.6) is 0 Å². The number of amides is 2. The molecule has 2 aromatic carbocycles. The van der Waals surface area contributed by atoms with Gasteiger partial charge in [0.2, 0.25) is 5.78 Å². The number of halogens is 1. The molecule has 3 aromatic rings. The van der Waals surface area contributed by atoms with E-state index in [-0.39, 0.29) is 18.5 Å². The predicted molar refractivity (Wildman–Crippen MR) is 107 cm³/mol. The van der Waals surface area contributed by atoms with Crippen molar-refractivity contribution in [3.63, 3.8) is 0 Å². The number of ketones is 1. The number of nitrogens with zero attached hydrogens (tertiary/aromatic N) is 1. The molecule has 0 spiro atoms. The first-order valence-electron chi connectivity index (χ1n) is 8.83. The van der Waals surface area contributed by atoms with Crippen LogP contribution in [-0.4, -0.2) is 28.6 Å². The number of nitrogens with one attached hydrogen (secondary N) is 2. The van der Waals surface area contributed by atoms with Crippen LogP contribution in [-0.2, 0) is 22.6 Å². The summed E-state index contributed by atoms with van der Waals surface area (Å²) in [4.78, 5) is 41.6. The molecular weight excluding hydrogens is 393 g/mol. The summed E-state index contributed by atoms with van der Waals surface area (Å²) in [5.74, 6) is -2.80. The number of Topliss-reactive ketones (excluding diaryl/α,β-unsaturated/α-hetero) is 1. The maximum absolute atomic E-state index is 13.4. The van der Waals surface area contributed by atoms with E-state index < -0.39 is 29.5 Å². The van der Waals surface area contributed by atoms with Gasteiger partial charge in [0.05, 0.1) is 6.54 Å². The zero-order chi connectivity index (χ0) is 20.6. The van der Waals surface area contributed by atoms with E-state index in [4.69, 9.17) is 0 Å². The number of carbonyl (C=O) groups excluding carboxylic acids is 3. The van der Waals surface area contributed by atoms with Crippen LogP contribution in [0.15, 0.2) is 66.2 Å². The summed E-state index contributed by atoms with van der Waals surface area (Å²) in [5, 5.41) is 7.50. The van der Waals surface area contributed by atoms with Crippen molar-refractivity contribution in [2.75, 3.05) is 0 Å². The molecule has 0 bridgehead atoms. The fourth-order valence-corrected chi connectivity index (χ4v) is 3.23. The molecule has 0 saturated heterocycles. The second-order valence-corrected chi connectivity index (χ2v) is 7.18. The van der Waals surface area contributed by atoms with Gasteiger partial charge in [-0.25, -0.2) is 9.37 Å². The highest BCUT2D eigenvalue weighted by atomic mass is 32.1. The third-order valence-electron chi connectivity index (χ3n) is 4.10. The largest absolute Gasteiger partial charge is 0.343 e. The Hall–Kier alpha value is -3.39. The van der Waals surface area contributed by atoms with Crippen LogP contribution < -0.4 is 10.6 Å². The average molecular weight is 411 g/mol. The van der Waals surface area contributed by atoms with Crippen molar-refractivity contribution in [2.45, 2.75) is 19.0 Å². The van der Waals surface area contributed by atoms with Crippen LogP contribution in [0.2, 0.25) is 0 Å². The van der Waals surface area contributed by atoms with Gasteiger partial charge in [-0.1, -0.05) is 36.4 Å². The highest BCUT2D eigenvalue weighted by molar-refractivity contribution is 7.09. The maximum Gasteiger partial charge on any atom is 0.289 e. The molecule has 0 radical (unpaired) electrons. The first kappa shape index (κ1) is 20.3. The number of thiazole rings is 1. The average Bonchev–Trinajstić information content (AvgIpc) is 3.25. The van der Waals surface area contributed by atoms with Crippen molar-refractivity contribution in [3.8, 4) is 0 Å². The molecule has 6 nitrogen and oxygen atoms in total. The highest BCUT2D eigenvalue weighted by Gasteiger charge is 2.27. The molecule has 2 N–H and O–H groups in total. The molecule has 1 aromatic heterocycles. The highest BCUT2D eigenvalue weighted by Crippen LogP contribution is 2.08. The van der Waals surface area contributed by atoms with E-state index >= 15 is 0 Å². The third kappa shape index (κ3) is 5.79. The number of benzene rings is 2. The van der Waals surface area contributed by atoms with Gasteiger partial charge in [0, 0.05) is 23.6 Å². The van der Waals surface area contributed by atoms with E-state index in [1.807, 2.05) is 6.07 Å². The standard InChI is InChI=1S/C21H18FN3O3S/c22-16-8-4-7-15(12-16)20(27)25-17(11-14-5-2-1-3-6-14)19(26)21(28)24-13-18-23-9-10-29-18/h1-10,12,17H,11,13H2,(H,24,28)(H,25,27)/t17-/m1/s1. The summed E-state index contributed by atoms with van der Waals surface area (Å²) < 4.78 is 13.4. The first-order valence-corrected chi connectivity index (χ1v) is 9.71. The van der Waals surface area contributed by atoms with Gasteiger partial charge in [0.15, 0.2) is 0 Å². The molecule has 0 fully saturated rings. The number of aromatic nitrogens is 1. The number of carbonyl (C=O) groups is 3. The fraction of sp³-hybridized carbons (Fsp3) is 0.143. The smallest absolute Gasteiger partial charge is 0.289 e. The van der Waals surface area contributed by atoms with Gasteiger partial charge in [-0.05, 0) is 23.8 Å². The second-order valence-electron chi connectivity index (χ2n) is 6.20. The van der Waals surface area contributed by atoms with Gasteiger partial charge in [0.1, 0.15) is 16.9 Å². The van der Waals surface area contributed by atoms with Crippen molar-refractivity contribution in [3.05, 3.63) is 88.1 Å². The second kappa shape index (κ2) is 9.70. The molecule has 0 aliphatic rings. The molecule has 1 heterocycles. The topological polar surface area (TPSA) is 88.2 Å². The van der Waals surface area contributed by atoms with Crippen molar-refractivity contribution < 1.29 is 18.8 Å². The first-order chi connectivity index (χ1) is 14.0. The normalized spacial score (nSPS) is 11.5. The van der Waals surface area contributed by atoms with E-state index in [1.165, 1.54) is 29.5 Å². The van der Waals surface area contributed by atoms with Crippen molar-refractivity contribution in [2.24, 2.45) is 0 Å². The van der Waals surface area contributed by atoms with Gasteiger partial charge < -0.3 is 10.6 Å². The lowest BCUT2D eigenvalue weighted by atomic mass is 10.0. The molecule has 1 atom stereocenters. The SMILES string of the molecule is O=C(NCc1nccs1)C(=O)[C@@H](Cc1ccccc1)NC(=O)c1cccc(F)c1. The van der Waals surface area contributed by atoms with Crippen LogP contribution in [0.1, 0.15) is 20.9 Å². The van der Waals surface area contributed by atoms with Crippen molar-refractivity contribution >= 4 is 28.9 Å². The summed E-state index contributed by atoms with van der Waals surface area (Å²) in [6.45, 7) is 0.123. The molecule has 148 valence electrons. The van der Waals surface area contributed by atoms with Gasteiger partial charge >= 0.3 is 0 Å². The van der Waals surface area contributed by atoms with E-state index in [9.17, 15) is 18.8 Å². The Bertz CT molecular complexity index is 993. The summed E-state index contributed by atoms with van der Waals surface area (Å²) in [6.07, 6.45) is 1.73. The number of hydrogen-bond donors (Lipinski definition) is 2. The van der Waals surface area contributed by atoms with E-state index in [1.54, 1.807) is 35.8 Å². The van der Waals surface area contributed by atoms with Gasteiger partial charge in [-0.3, -0.25) is 14.4 Å². The van der Waals surface area contributed by atoms with Gasteiger partial charge in [-0.2, -0.15) is 0 Å². The quantitative estimate of drug-likeness (QED) is 0.558. The van der Waals surface area contributed by atoms with Crippen LogP contribution >= 0.6 is 11.3 Å². The molecule has 0 unspecified atom stereocenters. The monoisotopic (exact) mass is 411 g/mol. The molecule has 8 heteroatoms. The zero-order valence-electron chi connectivity index (χ0n) is 15.3. The Morgan fingerprint density at radius 2 is 1.86 bits per heavy atom. The van der Waals surface area contributed by atoms with E-state index in [0.717, 1.165) is 11.6 Å². The van der Waals surface area contributed by atoms with E-state index in [0.29, 0.717) is 5.01 Å². The maximum atomic E-state index is 13.4. The fourth-order valence-electron chi connectivity index (χ4n) is 2.67. The minimum Gasteiger partial charge on any atom is -0.343 e. The lowest BCUT2D eigenvalue weighted by Crippen LogP contribution is -2.48. The Morgan fingerprint density at radius 3 is 2.55 bits per heavy atom. The van der Waals surface area contributed by atoms with Crippen LogP contribution in [0.3, 0.4) is 0 Å². The van der Waals surface area contributed by atoms with Crippen LogP contribution in [0, 0.1) is 5.82 Å². The lowest BCUT2D eigenvalue weighted by Gasteiger charge is -2.17. The van der Waals surface area contributed by atoms with Crippen molar-refractivity contribution in [1.29, 1.82) is 0 Å². The summed E-state index contributed by atoms with van der Waals surface area (Å²) >= 11 is 1.35. The summed E-state index contributed by atoms with van der Waals surface area (Å²) in [7, 11) is 0. The minimum atomic E-state index is -1.09. The molecule has 2 amide bonds. The molecule has 0 saturated carbocycles. The Morgan fingerprint density at radius 1 is 1.07 bits per heavy atom. The lowest BCUT2D eigenvalue weighted by molar-refractivity contribution is -0.139. The third-order valence-corrected chi connectivity index (χ3v) is 4.88. The molecule has 3 rings (SSSR count). The van der Waals surface area contributed by atoms with Crippen LogP contribution in [0.25, 0.3) is 0 Å². The van der Waals surface area contributed by atoms with Crippen LogP contribution in [0.4, 0.5) is 4.39 Å². The molecule has 0 aliphatic carbocycles. The number of rotatable bonds is 8. The molecule has 0 aliphatic heterocycles. The Labute approximate surface area is 170 Å².